The Morgan fingerprint density at radius 1 is 1.35 bits per heavy atom. The average Bonchev–Trinajstić information content (AvgIpc) is 2.78. The SMILES string of the molecule is CCOC1(c2nc(C)cc(NC)n2)CCCC1. The minimum absolute atomic E-state index is 0.244. The lowest BCUT2D eigenvalue weighted by molar-refractivity contribution is -0.0457. The van der Waals surface area contributed by atoms with Crippen LogP contribution in [-0.4, -0.2) is 23.6 Å². The van der Waals surface area contributed by atoms with E-state index in [0.717, 1.165) is 30.2 Å². The molecule has 0 spiro atoms. The number of hydrogen-bond acceptors (Lipinski definition) is 4. The van der Waals surface area contributed by atoms with Crippen LogP contribution >= 0.6 is 0 Å². The molecule has 1 N–H and O–H groups in total. The van der Waals surface area contributed by atoms with Gasteiger partial charge < -0.3 is 10.1 Å². The van der Waals surface area contributed by atoms with Gasteiger partial charge in [0.2, 0.25) is 0 Å². The van der Waals surface area contributed by atoms with E-state index in [4.69, 9.17) is 4.74 Å². The molecular weight excluding hydrogens is 214 g/mol. The van der Waals surface area contributed by atoms with E-state index in [2.05, 4.69) is 15.3 Å². The van der Waals surface area contributed by atoms with Crippen molar-refractivity contribution < 1.29 is 4.74 Å². The molecule has 1 saturated carbocycles. The van der Waals surface area contributed by atoms with Crippen molar-refractivity contribution in [3.8, 4) is 0 Å². The van der Waals surface area contributed by atoms with Crippen LogP contribution in [0.15, 0.2) is 6.07 Å². The van der Waals surface area contributed by atoms with Gasteiger partial charge in [0.05, 0.1) is 0 Å². The molecule has 1 fully saturated rings. The number of anilines is 1. The number of hydrogen-bond donors (Lipinski definition) is 1. The van der Waals surface area contributed by atoms with E-state index in [0.29, 0.717) is 6.61 Å². The van der Waals surface area contributed by atoms with Crippen LogP contribution in [0.4, 0.5) is 5.82 Å². The Kier molecular flexibility index (Phi) is 3.62. The zero-order valence-electron chi connectivity index (χ0n) is 10.9. The van der Waals surface area contributed by atoms with Crippen LogP contribution in [0, 0.1) is 6.92 Å². The second kappa shape index (κ2) is 5.00. The first kappa shape index (κ1) is 12.3. The molecule has 1 aromatic heterocycles. The van der Waals surface area contributed by atoms with Crippen molar-refractivity contribution in [2.24, 2.45) is 0 Å². The zero-order chi connectivity index (χ0) is 12.3. The van der Waals surface area contributed by atoms with Crippen LogP contribution < -0.4 is 5.32 Å². The van der Waals surface area contributed by atoms with Gasteiger partial charge in [0.15, 0.2) is 5.82 Å². The van der Waals surface area contributed by atoms with Crippen molar-refractivity contribution in [1.82, 2.24) is 9.97 Å². The van der Waals surface area contributed by atoms with Gasteiger partial charge in [-0.25, -0.2) is 9.97 Å². The second-order valence-corrected chi connectivity index (χ2v) is 4.60. The van der Waals surface area contributed by atoms with E-state index in [9.17, 15) is 0 Å². The maximum absolute atomic E-state index is 5.98. The molecule has 0 atom stereocenters. The van der Waals surface area contributed by atoms with E-state index >= 15 is 0 Å². The number of aromatic nitrogens is 2. The van der Waals surface area contributed by atoms with Gasteiger partial charge in [-0.3, -0.25) is 0 Å². The van der Waals surface area contributed by atoms with Crippen molar-refractivity contribution in [1.29, 1.82) is 0 Å². The lowest BCUT2D eigenvalue weighted by atomic mass is 10.0. The maximum atomic E-state index is 5.98. The van der Waals surface area contributed by atoms with E-state index in [1.54, 1.807) is 0 Å². The number of nitrogens with zero attached hydrogens (tertiary/aromatic N) is 2. The van der Waals surface area contributed by atoms with Gasteiger partial charge in [0, 0.05) is 25.4 Å². The molecule has 0 aromatic carbocycles. The Morgan fingerprint density at radius 2 is 2.06 bits per heavy atom. The van der Waals surface area contributed by atoms with Crippen molar-refractivity contribution in [2.75, 3.05) is 19.0 Å². The fourth-order valence-electron chi connectivity index (χ4n) is 2.56. The highest BCUT2D eigenvalue weighted by molar-refractivity contribution is 5.35. The van der Waals surface area contributed by atoms with Crippen LogP contribution in [0.2, 0.25) is 0 Å². The molecule has 2 rings (SSSR count). The fraction of sp³-hybridized carbons (Fsp3) is 0.692. The van der Waals surface area contributed by atoms with Gasteiger partial charge in [-0.1, -0.05) is 0 Å². The van der Waals surface area contributed by atoms with E-state index in [1.165, 1.54) is 12.8 Å². The molecule has 0 saturated heterocycles. The van der Waals surface area contributed by atoms with Gasteiger partial charge in [0.1, 0.15) is 11.4 Å². The summed E-state index contributed by atoms with van der Waals surface area (Å²) in [6, 6.07) is 1.96. The third kappa shape index (κ3) is 2.41. The Hall–Kier alpha value is -1.16. The van der Waals surface area contributed by atoms with Crippen LogP contribution in [0.1, 0.15) is 44.1 Å². The molecule has 0 radical (unpaired) electrons. The highest BCUT2D eigenvalue weighted by atomic mass is 16.5. The summed E-state index contributed by atoms with van der Waals surface area (Å²) in [6.07, 6.45) is 4.47. The summed E-state index contributed by atoms with van der Waals surface area (Å²) in [7, 11) is 1.88. The minimum Gasteiger partial charge on any atom is -0.373 e. The molecule has 4 heteroatoms. The summed E-state index contributed by atoms with van der Waals surface area (Å²) in [5, 5.41) is 3.08. The van der Waals surface area contributed by atoms with Gasteiger partial charge >= 0.3 is 0 Å². The molecule has 1 aliphatic carbocycles. The molecule has 0 bridgehead atoms. The third-order valence-corrected chi connectivity index (χ3v) is 3.35. The first-order chi connectivity index (χ1) is 8.20. The Morgan fingerprint density at radius 3 is 2.65 bits per heavy atom. The highest BCUT2D eigenvalue weighted by Gasteiger charge is 2.39. The van der Waals surface area contributed by atoms with Crippen molar-refractivity contribution in [2.45, 2.75) is 45.1 Å². The van der Waals surface area contributed by atoms with Crippen molar-refractivity contribution in [3.05, 3.63) is 17.6 Å². The normalized spacial score (nSPS) is 18.3. The van der Waals surface area contributed by atoms with E-state index in [-0.39, 0.29) is 5.60 Å². The average molecular weight is 235 g/mol. The standard InChI is InChI=1S/C13H21N3O/c1-4-17-13(7-5-6-8-13)12-15-10(2)9-11(14-3)16-12/h9H,4-8H2,1-3H3,(H,14,15,16). The predicted octanol–water partition coefficient (Wildman–Crippen LogP) is 2.63. The summed E-state index contributed by atoms with van der Waals surface area (Å²) < 4.78 is 5.98. The third-order valence-electron chi connectivity index (χ3n) is 3.35. The molecule has 1 aromatic rings. The van der Waals surface area contributed by atoms with Crippen LogP contribution in [-0.2, 0) is 10.3 Å². The minimum atomic E-state index is -0.244. The molecule has 0 unspecified atom stereocenters. The highest BCUT2D eigenvalue weighted by Crippen LogP contribution is 2.40. The molecule has 0 amide bonds. The number of aryl methyl sites for hydroxylation is 1. The molecular formula is C13H21N3O. The maximum Gasteiger partial charge on any atom is 0.162 e. The largest absolute Gasteiger partial charge is 0.373 e. The smallest absolute Gasteiger partial charge is 0.162 e. The summed E-state index contributed by atoms with van der Waals surface area (Å²) >= 11 is 0. The first-order valence-electron chi connectivity index (χ1n) is 6.38. The van der Waals surface area contributed by atoms with Gasteiger partial charge in [-0.15, -0.1) is 0 Å². The molecule has 4 nitrogen and oxygen atoms in total. The Labute approximate surface area is 103 Å². The van der Waals surface area contributed by atoms with E-state index in [1.807, 2.05) is 27.0 Å². The summed E-state index contributed by atoms with van der Waals surface area (Å²) in [4.78, 5) is 9.16. The van der Waals surface area contributed by atoms with Crippen LogP contribution in [0.5, 0.6) is 0 Å². The monoisotopic (exact) mass is 235 g/mol. The van der Waals surface area contributed by atoms with E-state index < -0.39 is 0 Å². The predicted molar refractivity (Wildman–Crippen MR) is 68.1 cm³/mol. The lowest BCUT2D eigenvalue weighted by Crippen LogP contribution is -2.29. The number of ether oxygens (including phenoxy) is 1. The molecule has 17 heavy (non-hydrogen) atoms. The molecule has 0 aliphatic heterocycles. The van der Waals surface area contributed by atoms with Gasteiger partial charge in [0.25, 0.3) is 0 Å². The lowest BCUT2D eigenvalue weighted by Gasteiger charge is -2.27. The first-order valence-corrected chi connectivity index (χ1v) is 6.38. The van der Waals surface area contributed by atoms with Crippen LogP contribution in [0.25, 0.3) is 0 Å². The second-order valence-electron chi connectivity index (χ2n) is 4.60. The molecule has 1 heterocycles. The van der Waals surface area contributed by atoms with Crippen molar-refractivity contribution >= 4 is 5.82 Å². The number of nitrogens with one attached hydrogen (secondary N) is 1. The summed E-state index contributed by atoms with van der Waals surface area (Å²) in [6.45, 7) is 4.75. The van der Waals surface area contributed by atoms with Gasteiger partial charge in [-0.2, -0.15) is 0 Å². The molecule has 1 aliphatic rings. The topological polar surface area (TPSA) is 47.0 Å². The zero-order valence-corrected chi connectivity index (χ0v) is 10.9. The van der Waals surface area contributed by atoms with Gasteiger partial charge in [-0.05, 0) is 39.5 Å². The Balaban J connectivity index is 2.38. The Bertz CT molecular complexity index is 386. The quantitative estimate of drug-likeness (QED) is 0.871. The van der Waals surface area contributed by atoms with Crippen LogP contribution in [0.3, 0.4) is 0 Å². The summed E-state index contributed by atoms with van der Waals surface area (Å²) in [5.41, 5.74) is 0.747. The van der Waals surface area contributed by atoms with Crippen molar-refractivity contribution in [3.63, 3.8) is 0 Å². The fourth-order valence-corrected chi connectivity index (χ4v) is 2.56. The molecule has 94 valence electrons. The summed E-state index contributed by atoms with van der Waals surface area (Å²) in [5.74, 6) is 1.72. The number of rotatable bonds is 4.